The fourth-order valence-corrected chi connectivity index (χ4v) is 3.82. The Labute approximate surface area is 140 Å². The van der Waals surface area contributed by atoms with Crippen molar-refractivity contribution in [3.63, 3.8) is 0 Å². The van der Waals surface area contributed by atoms with Gasteiger partial charge in [0.2, 0.25) is 0 Å². The summed E-state index contributed by atoms with van der Waals surface area (Å²) in [7, 11) is 0. The number of amides is 1. The van der Waals surface area contributed by atoms with Crippen LogP contribution in [0.3, 0.4) is 0 Å². The Kier molecular flexibility index (Phi) is 6.44. The summed E-state index contributed by atoms with van der Waals surface area (Å²) >= 11 is 7.64. The Morgan fingerprint density at radius 2 is 2.16 bits per heavy atom. The maximum absolute atomic E-state index is 12.1. The molecule has 1 heterocycles. The Bertz CT molecular complexity index is 452. The molecule has 6 heteroatoms. The van der Waals surface area contributed by atoms with E-state index in [1.54, 1.807) is 0 Å². The third-order valence-electron chi connectivity index (χ3n) is 2.99. The van der Waals surface area contributed by atoms with E-state index in [-0.39, 0.29) is 5.91 Å². The fourth-order valence-electron chi connectivity index (χ4n) is 1.92. The third-order valence-corrected chi connectivity index (χ3v) is 5.30. The smallest absolute Gasteiger partial charge is 0.252 e. The number of benzene rings is 1. The highest BCUT2D eigenvalue weighted by Crippen LogP contribution is 2.19. The van der Waals surface area contributed by atoms with Gasteiger partial charge in [-0.05, 0) is 56.7 Å². The molecule has 1 amide bonds. The molecule has 1 aliphatic heterocycles. The monoisotopic (exact) mass is 454 g/mol. The minimum atomic E-state index is -0.00299. The SMILES string of the molecule is O=C(NCCN1CCSCC1)c1cc(I)ccc1Br. The normalized spacial score (nSPS) is 16.3. The first-order chi connectivity index (χ1) is 9.16. The van der Waals surface area contributed by atoms with Crippen LogP contribution in [0.25, 0.3) is 0 Å². The van der Waals surface area contributed by atoms with E-state index in [1.807, 2.05) is 30.0 Å². The molecule has 1 saturated heterocycles. The number of rotatable bonds is 4. The molecule has 3 nitrogen and oxygen atoms in total. The van der Waals surface area contributed by atoms with Gasteiger partial charge in [-0.15, -0.1) is 0 Å². The number of hydrogen-bond acceptors (Lipinski definition) is 3. The van der Waals surface area contributed by atoms with Gasteiger partial charge in [0.15, 0.2) is 0 Å². The van der Waals surface area contributed by atoms with Crippen molar-refractivity contribution in [2.24, 2.45) is 0 Å². The first-order valence-corrected chi connectivity index (χ1v) is 9.23. The molecule has 2 rings (SSSR count). The summed E-state index contributed by atoms with van der Waals surface area (Å²) in [6, 6.07) is 5.79. The van der Waals surface area contributed by atoms with Gasteiger partial charge in [-0.2, -0.15) is 11.8 Å². The Hall–Kier alpha value is 0.210. The van der Waals surface area contributed by atoms with E-state index < -0.39 is 0 Å². The van der Waals surface area contributed by atoms with Crippen molar-refractivity contribution in [1.29, 1.82) is 0 Å². The van der Waals surface area contributed by atoms with E-state index in [9.17, 15) is 4.79 Å². The lowest BCUT2D eigenvalue weighted by Crippen LogP contribution is -2.39. The summed E-state index contributed by atoms with van der Waals surface area (Å²) in [5, 5.41) is 2.99. The third kappa shape index (κ3) is 4.91. The van der Waals surface area contributed by atoms with Crippen LogP contribution in [0.2, 0.25) is 0 Å². The second kappa shape index (κ2) is 7.85. The minimum absolute atomic E-state index is 0.00299. The largest absolute Gasteiger partial charge is 0.351 e. The molecule has 0 radical (unpaired) electrons. The van der Waals surface area contributed by atoms with Gasteiger partial charge >= 0.3 is 0 Å². The molecule has 0 aromatic heterocycles. The van der Waals surface area contributed by atoms with E-state index >= 15 is 0 Å². The molecule has 104 valence electrons. The van der Waals surface area contributed by atoms with Crippen LogP contribution in [0.1, 0.15) is 10.4 Å². The molecule has 19 heavy (non-hydrogen) atoms. The molecule has 1 aliphatic rings. The highest BCUT2D eigenvalue weighted by Gasteiger charge is 2.12. The molecule has 1 N–H and O–H groups in total. The number of carbonyl (C=O) groups is 1. The molecule has 0 aliphatic carbocycles. The summed E-state index contributed by atoms with van der Waals surface area (Å²) in [6.45, 7) is 3.91. The average molecular weight is 455 g/mol. The van der Waals surface area contributed by atoms with Crippen molar-refractivity contribution in [3.05, 3.63) is 31.8 Å². The zero-order chi connectivity index (χ0) is 13.7. The number of thioether (sulfide) groups is 1. The van der Waals surface area contributed by atoms with Gasteiger partial charge in [-0.1, -0.05) is 0 Å². The highest BCUT2D eigenvalue weighted by atomic mass is 127. The van der Waals surface area contributed by atoms with Gasteiger partial charge in [0.25, 0.3) is 5.91 Å². The zero-order valence-electron chi connectivity index (χ0n) is 10.5. The Morgan fingerprint density at radius 1 is 1.42 bits per heavy atom. The van der Waals surface area contributed by atoms with Crippen LogP contribution in [0.15, 0.2) is 22.7 Å². The number of carbonyl (C=O) groups excluding carboxylic acids is 1. The van der Waals surface area contributed by atoms with Crippen molar-refractivity contribution in [2.75, 3.05) is 37.7 Å². The summed E-state index contributed by atoms with van der Waals surface area (Å²) in [4.78, 5) is 14.5. The minimum Gasteiger partial charge on any atom is -0.351 e. The zero-order valence-corrected chi connectivity index (χ0v) is 15.1. The number of nitrogens with zero attached hydrogens (tertiary/aromatic N) is 1. The fraction of sp³-hybridized carbons (Fsp3) is 0.462. The average Bonchev–Trinajstić information content (AvgIpc) is 2.42. The molecule has 0 bridgehead atoms. The van der Waals surface area contributed by atoms with Crippen LogP contribution in [0.4, 0.5) is 0 Å². The van der Waals surface area contributed by atoms with Crippen LogP contribution in [-0.2, 0) is 0 Å². The molecule has 1 aromatic carbocycles. The van der Waals surface area contributed by atoms with Gasteiger partial charge in [0.05, 0.1) is 5.56 Å². The van der Waals surface area contributed by atoms with Gasteiger partial charge in [0.1, 0.15) is 0 Å². The second-order valence-electron chi connectivity index (χ2n) is 4.33. The lowest BCUT2D eigenvalue weighted by Gasteiger charge is -2.26. The summed E-state index contributed by atoms with van der Waals surface area (Å²) in [5.74, 6) is 2.41. The maximum Gasteiger partial charge on any atom is 0.252 e. The molecule has 0 spiro atoms. The van der Waals surface area contributed by atoms with E-state index in [4.69, 9.17) is 0 Å². The number of halogens is 2. The lowest BCUT2D eigenvalue weighted by molar-refractivity contribution is 0.0948. The van der Waals surface area contributed by atoms with E-state index in [1.165, 1.54) is 11.5 Å². The molecule has 0 saturated carbocycles. The molecule has 0 atom stereocenters. The van der Waals surface area contributed by atoms with E-state index in [0.717, 1.165) is 27.7 Å². The van der Waals surface area contributed by atoms with Gasteiger partial charge in [-0.3, -0.25) is 9.69 Å². The van der Waals surface area contributed by atoms with Crippen molar-refractivity contribution < 1.29 is 4.79 Å². The summed E-state index contributed by atoms with van der Waals surface area (Å²) < 4.78 is 1.92. The Balaban J connectivity index is 1.82. The van der Waals surface area contributed by atoms with Gasteiger partial charge in [0, 0.05) is 45.7 Å². The topological polar surface area (TPSA) is 32.3 Å². The number of hydrogen-bond donors (Lipinski definition) is 1. The van der Waals surface area contributed by atoms with Gasteiger partial charge in [-0.25, -0.2) is 0 Å². The van der Waals surface area contributed by atoms with Crippen LogP contribution >= 0.6 is 50.3 Å². The van der Waals surface area contributed by atoms with Crippen molar-refractivity contribution >= 4 is 56.2 Å². The van der Waals surface area contributed by atoms with Crippen molar-refractivity contribution in [2.45, 2.75) is 0 Å². The maximum atomic E-state index is 12.1. The van der Waals surface area contributed by atoms with Crippen LogP contribution in [0.5, 0.6) is 0 Å². The van der Waals surface area contributed by atoms with Crippen LogP contribution < -0.4 is 5.32 Å². The number of nitrogens with one attached hydrogen (secondary N) is 1. The molecular weight excluding hydrogens is 439 g/mol. The van der Waals surface area contributed by atoms with Crippen LogP contribution in [0, 0.1) is 3.57 Å². The van der Waals surface area contributed by atoms with Crippen molar-refractivity contribution in [3.8, 4) is 0 Å². The van der Waals surface area contributed by atoms with Gasteiger partial charge < -0.3 is 5.32 Å². The van der Waals surface area contributed by atoms with E-state index in [0.29, 0.717) is 12.1 Å². The predicted molar refractivity (Wildman–Crippen MR) is 93.0 cm³/mol. The first kappa shape index (κ1) is 15.6. The Morgan fingerprint density at radius 3 is 2.89 bits per heavy atom. The van der Waals surface area contributed by atoms with Crippen LogP contribution in [-0.4, -0.2) is 48.5 Å². The highest BCUT2D eigenvalue weighted by molar-refractivity contribution is 14.1. The second-order valence-corrected chi connectivity index (χ2v) is 7.66. The summed E-state index contributed by atoms with van der Waals surface area (Å²) in [6.07, 6.45) is 0. The van der Waals surface area contributed by atoms with E-state index in [2.05, 4.69) is 48.7 Å². The molecule has 1 aromatic rings. The first-order valence-electron chi connectivity index (χ1n) is 6.20. The lowest BCUT2D eigenvalue weighted by atomic mass is 10.2. The molecule has 0 unspecified atom stereocenters. The standard InChI is InChI=1S/C13H16BrIN2OS/c14-12-2-1-10(15)9-11(12)13(18)16-3-4-17-5-7-19-8-6-17/h1-2,9H,3-8H2,(H,16,18). The summed E-state index contributed by atoms with van der Waals surface area (Å²) in [5.41, 5.74) is 0.709. The quantitative estimate of drug-likeness (QED) is 0.710. The van der Waals surface area contributed by atoms with Crippen molar-refractivity contribution in [1.82, 2.24) is 10.2 Å². The molecule has 1 fully saturated rings. The molecular formula is C13H16BrIN2OS. The predicted octanol–water partition coefficient (Wildman–Crippen LogP) is 2.83.